The Morgan fingerprint density at radius 3 is 2.62 bits per heavy atom. The van der Waals surface area contributed by atoms with E-state index in [0.29, 0.717) is 54.0 Å². The van der Waals surface area contributed by atoms with Gasteiger partial charge in [-0.05, 0) is 49.2 Å². The van der Waals surface area contributed by atoms with E-state index in [1.807, 2.05) is 19.1 Å². The van der Waals surface area contributed by atoms with Gasteiger partial charge in [0, 0.05) is 22.5 Å². The second-order valence-electron chi connectivity index (χ2n) is 7.02. The molecule has 2 amide bonds. The Labute approximate surface area is 182 Å². The van der Waals surface area contributed by atoms with Crippen molar-refractivity contribution < 1.29 is 19.1 Å². The van der Waals surface area contributed by atoms with Crippen LogP contribution >= 0.6 is 27.5 Å². The average molecular weight is 480 g/mol. The standard InChI is InChI=1S/C21H20BrClN2O4/c1-12(15-10-18-19(11-16(15)22)29-8-7-28-18)24-21(27)14-5-4-13(23)9-17(14)25-6-2-3-20(25)26/h4-5,9-12H,2-3,6-8H2,1H3,(H,24,27). The van der Waals surface area contributed by atoms with Crippen LogP contribution in [0.2, 0.25) is 5.02 Å². The van der Waals surface area contributed by atoms with Crippen molar-refractivity contribution in [2.75, 3.05) is 24.7 Å². The second kappa shape index (κ2) is 8.24. The van der Waals surface area contributed by atoms with Crippen LogP contribution in [0, 0.1) is 0 Å². The Morgan fingerprint density at radius 2 is 1.93 bits per heavy atom. The number of carbonyl (C=O) groups is 2. The first-order valence-electron chi connectivity index (χ1n) is 9.44. The molecular weight excluding hydrogens is 460 g/mol. The first-order chi connectivity index (χ1) is 13.9. The predicted octanol–water partition coefficient (Wildman–Crippen LogP) is 4.49. The molecule has 1 atom stereocenters. The van der Waals surface area contributed by atoms with Gasteiger partial charge in [0.2, 0.25) is 5.91 Å². The smallest absolute Gasteiger partial charge is 0.253 e. The highest BCUT2D eigenvalue weighted by Crippen LogP contribution is 2.38. The summed E-state index contributed by atoms with van der Waals surface area (Å²) < 4.78 is 12.1. The number of nitrogens with zero attached hydrogens (tertiary/aromatic N) is 1. The van der Waals surface area contributed by atoms with Crippen molar-refractivity contribution in [2.24, 2.45) is 0 Å². The maximum Gasteiger partial charge on any atom is 0.253 e. The van der Waals surface area contributed by atoms with Crippen molar-refractivity contribution in [1.29, 1.82) is 0 Å². The molecule has 1 saturated heterocycles. The third kappa shape index (κ3) is 4.07. The van der Waals surface area contributed by atoms with Crippen molar-refractivity contribution in [2.45, 2.75) is 25.8 Å². The zero-order valence-corrected chi connectivity index (χ0v) is 18.2. The van der Waals surface area contributed by atoms with Crippen LogP contribution in [0.5, 0.6) is 11.5 Å². The van der Waals surface area contributed by atoms with Crippen molar-refractivity contribution in [3.63, 3.8) is 0 Å². The molecule has 2 aromatic carbocycles. The minimum atomic E-state index is -0.300. The number of fused-ring (bicyclic) bond motifs is 1. The highest BCUT2D eigenvalue weighted by Gasteiger charge is 2.27. The first-order valence-corrected chi connectivity index (χ1v) is 10.6. The van der Waals surface area contributed by atoms with Crippen LogP contribution in [0.4, 0.5) is 5.69 Å². The number of halogens is 2. The number of hydrogen-bond acceptors (Lipinski definition) is 4. The van der Waals surface area contributed by atoms with Gasteiger partial charge in [0.05, 0.1) is 17.3 Å². The first kappa shape index (κ1) is 20.0. The molecule has 6 nitrogen and oxygen atoms in total. The van der Waals surface area contributed by atoms with E-state index >= 15 is 0 Å². The third-order valence-corrected chi connectivity index (χ3v) is 5.97. The fourth-order valence-corrected chi connectivity index (χ4v) is 4.42. The molecule has 29 heavy (non-hydrogen) atoms. The number of anilines is 1. The van der Waals surface area contributed by atoms with Gasteiger partial charge in [0.15, 0.2) is 11.5 Å². The Bertz CT molecular complexity index is 981. The molecule has 2 heterocycles. The molecule has 0 radical (unpaired) electrons. The molecule has 8 heteroatoms. The maximum atomic E-state index is 13.1. The predicted molar refractivity (Wildman–Crippen MR) is 114 cm³/mol. The highest BCUT2D eigenvalue weighted by atomic mass is 79.9. The quantitative estimate of drug-likeness (QED) is 0.701. The minimum Gasteiger partial charge on any atom is -0.486 e. The van der Waals surface area contributed by atoms with E-state index in [1.54, 1.807) is 23.1 Å². The van der Waals surface area contributed by atoms with Gasteiger partial charge in [-0.3, -0.25) is 9.59 Å². The average Bonchev–Trinajstić information content (AvgIpc) is 3.13. The van der Waals surface area contributed by atoms with Crippen LogP contribution in [-0.4, -0.2) is 31.6 Å². The zero-order chi connectivity index (χ0) is 20.5. The summed E-state index contributed by atoms with van der Waals surface area (Å²) in [6.07, 6.45) is 1.25. The molecule has 1 fully saturated rings. The molecule has 0 bridgehead atoms. The Hall–Kier alpha value is -2.25. The summed E-state index contributed by atoms with van der Waals surface area (Å²) in [6.45, 7) is 3.49. The SMILES string of the molecule is CC(NC(=O)c1ccc(Cl)cc1N1CCCC1=O)c1cc2c(cc1Br)OCCO2. The third-order valence-electron chi connectivity index (χ3n) is 5.04. The Kier molecular flexibility index (Phi) is 5.69. The number of carbonyl (C=O) groups excluding carboxylic acids is 2. The number of ether oxygens (including phenoxy) is 2. The summed E-state index contributed by atoms with van der Waals surface area (Å²) in [5.74, 6) is 1.07. The number of rotatable bonds is 4. The molecule has 1 N–H and O–H groups in total. The number of hydrogen-bond donors (Lipinski definition) is 1. The molecule has 1 unspecified atom stereocenters. The van der Waals surface area contributed by atoms with E-state index in [1.165, 1.54) is 0 Å². The molecule has 0 saturated carbocycles. The Morgan fingerprint density at radius 1 is 1.21 bits per heavy atom. The number of amides is 2. The van der Waals surface area contributed by atoms with Crippen LogP contribution in [0.1, 0.15) is 41.7 Å². The molecule has 2 aliphatic rings. The monoisotopic (exact) mass is 478 g/mol. The van der Waals surface area contributed by atoms with Crippen LogP contribution in [0.3, 0.4) is 0 Å². The van der Waals surface area contributed by atoms with E-state index in [-0.39, 0.29) is 17.9 Å². The fraction of sp³-hybridized carbons (Fsp3) is 0.333. The molecule has 152 valence electrons. The van der Waals surface area contributed by atoms with Crippen LogP contribution in [0.15, 0.2) is 34.8 Å². The summed E-state index contributed by atoms with van der Waals surface area (Å²) in [5, 5.41) is 3.50. The van der Waals surface area contributed by atoms with Crippen molar-refractivity contribution in [3.8, 4) is 11.5 Å². The molecule has 0 spiro atoms. The van der Waals surface area contributed by atoms with Crippen molar-refractivity contribution >= 4 is 45.0 Å². The van der Waals surface area contributed by atoms with E-state index in [0.717, 1.165) is 16.5 Å². The van der Waals surface area contributed by atoms with Crippen LogP contribution in [-0.2, 0) is 4.79 Å². The summed E-state index contributed by atoms with van der Waals surface area (Å²) in [5.41, 5.74) is 1.84. The van der Waals surface area contributed by atoms with Gasteiger partial charge in [-0.2, -0.15) is 0 Å². The van der Waals surface area contributed by atoms with Crippen molar-refractivity contribution in [1.82, 2.24) is 5.32 Å². The summed E-state index contributed by atoms with van der Waals surface area (Å²) in [7, 11) is 0. The second-order valence-corrected chi connectivity index (χ2v) is 8.31. The molecule has 2 aromatic rings. The maximum absolute atomic E-state index is 13.1. The highest BCUT2D eigenvalue weighted by molar-refractivity contribution is 9.10. The molecule has 0 aromatic heterocycles. The summed E-state index contributed by atoms with van der Waals surface area (Å²) in [6, 6.07) is 8.41. The van der Waals surface area contributed by atoms with Crippen molar-refractivity contribution in [3.05, 3.63) is 51.0 Å². The lowest BCUT2D eigenvalue weighted by Gasteiger charge is -2.24. The normalized spacial score (nSPS) is 16.7. The van der Waals surface area contributed by atoms with E-state index in [9.17, 15) is 9.59 Å². The van der Waals surface area contributed by atoms with Gasteiger partial charge in [-0.25, -0.2) is 0 Å². The van der Waals surface area contributed by atoms with Crippen LogP contribution < -0.4 is 19.7 Å². The van der Waals surface area contributed by atoms with Crippen LogP contribution in [0.25, 0.3) is 0 Å². The lowest BCUT2D eigenvalue weighted by Crippen LogP contribution is -2.31. The lowest BCUT2D eigenvalue weighted by atomic mass is 10.1. The van der Waals surface area contributed by atoms with E-state index in [2.05, 4.69) is 21.2 Å². The molecular formula is C21H20BrClN2O4. The number of nitrogens with one attached hydrogen (secondary N) is 1. The van der Waals surface area contributed by atoms with E-state index < -0.39 is 0 Å². The molecule has 4 rings (SSSR count). The number of benzene rings is 2. The Balaban J connectivity index is 1.59. The van der Waals surface area contributed by atoms with Gasteiger partial charge in [0.1, 0.15) is 13.2 Å². The lowest BCUT2D eigenvalue weighted by molar-refractivity contribution is -0.117. The van der Waals surface area contributed by atoms with E-state index in [4.69, 9.17) is 21.1 Å². The minimum absolute atomic E-state index is 0.00365. The van der Waals surface area contributed by atoms with Gasteiger partial charge in [-0.1, -0.05) is 27.5 Å². The summed E-state index contributed by atoms with van der Waals surface area (Å²) in [4.78, 5) is 26.9. The van der Waals surface area contributed by atoms with Gasteiger partial charge >= 0.3 is 0 Å². The van der Waals surface area contributed by atoms with Gasteiger partial charge in [-0.15, -0.1) is 0 Å². The van der Waals surface area contributed by atoms with Gasteiger partial charge in [0.25, 0.3) is 5.91 Å². The molecule has 0 aliphatic carbocycles. The zero-order valence-electron chi connectivity index (χ0n) is 15.8. The fourth-order valence-electron chi connectivity index (χ4n) is 3.59. The summed E-state index contributed by atoms with van der Waals surface area (Å²) >= 11 is 9.69. The largest absolute Gasteiger partial charge is 0.486 e. The van der Waals surface area contributed by atoms with Gasteiger partial charge < -0.3 is 19.7 Å². The molecule has 2 aliphatic heterocycles. The topological polar surface area (TPSA) is 67.9 Å².